The monoisotopic (exact) mass is 445 g/mol. The molecule has 0 atom stereocenters. The number of aromatic nitrogens is 2. The number of hydrogen-bond donors (Lipinski definition) is 1. The summed E-state index contributed by atoms with van der Waals surface area (Å²) in [7, 11) is 0. The van der Waals surface area contributed by atoms with Gasteiger partial charge in [0, 0.05) is 15.6 Å². The van der Waals surface area contributed by atoms with Crippen molar-refractivity contribution in [2.24, 2.45) is 0 Å². The van der Waals surface area contributed by atoms with Crippen molar-refractivity contribution in [3.05, 3.63) is 70.1 Å². The summed E-state index contributed by atoms with van der Waals surface area (Å²) in [6.45, 7) is -0.602. The summed E-state index contributed by atoms with van der Waals surface area (Å²) in [6.07, 6.45) is 0. The zero-order chi connectivity index (χ0) is 21.1. The molecule has 0 aliphatic heterocycles. The molecule has 4 rings (SSSR count). The van der Waals surface area contributed by atoms with Crippen LogP contribution in [0.4, 0.5) is 4.39 Å². The number of rotatable bonds is 6. The highest BCUT2D eigenvalue weighted by Gasteiger charge is 2.18. The Kier molecular flexibility index (Phi) is 5.73. The molecular weight excluding hydrogens is 433 g/mol. The Morgan fingerprint density at radius 1 is 1.17 bits per heavy atom. The summed E-state index contributed by atoms with van der Waals surface area (Å²) in [4.78, 5) is 28.7. The van der Waals surface area contributed by atoms with Crippen molar-refractivity contribution in [1.82, 2.24) is 15.5 Å². The fraction of sp³-hybridized carbons (Fsp3) is 0.100. The molecule has 2 aromatic carbocycles. The molecule has 1 amide bonds. The van der Waals surface area contributed by atoms with E-state index in [1.165, 1.54) is 35.6 Å². The van der Waals surface area contributed by atoms with Gasteiger partial charge in [0.15, 0.2) is 6.61 Å². The van der Waals surface area contributed by atoms with E-state index in [1.54, 1.807) is 0 Å². The molecule has 0 spiro atoms. The summed E-state index contributed by atoms with van der Waals surface area (Å²) in [6, 6.07) is 12.9. The number of carbonyl (C=O) groups excluding carboxylic acids is 2. The topological polar surface area (TPSA) is 94.3 Å². The van der Waals surface area contributed by atoms with Crippen molar-refractivity contribution in [2.45, 2.75) is 6.61 Å². The zero-order valence-electron chi connectivity index (χ0n) is 15.2. The first-order valence-electron chi connectivity index (χ1n) is 8.70. The maximum absolute atomic E-state index is 13.0. The van der Waals surface area contributed by atoms with Crippen LogP contribution in [0.5, 0.6) is 0 Å². The summed E-state index contributed by atoms with van der Waals surface area (Å²) >= 11 is 7.50. The van der Waals surface area contributed by atoms with Gasteiger partial charge in [0.1, 0.15) is 17.2 Å². The van der Waals surface area contributed by atoms with Gasteiger partial charge in [-0.15, -0.1) is 11.3 Å². The first-order chi connectivity index (χ1) is 14.5. The fourth-order valence-corrected chi connectivity index (χ4v) is 4.05. The van der Waals surface area contributed by atoms with Crippen LogP contribution in [-0.4, -0.2) is 28.6 Å². The lowest BCUT2D eigenvalue weighted by atomic mass is 10.2. The molecule has 0 saturated carbocycles. The van der Waals surface area contributed by atoms with Crippen LogP contribution in [0.2, 0.25) is 5.02 Å². The Morgan fingerprint density at radius 3 is 2.70 bits per heavy atom. The average Bonchev–Trinajstić information content (AvgIpc) is 3.36. The third-order valence-corrected chi connectivity index (χ3v) is 5.74. The minimum Gasteiger partial charge on any atom is -0.454 e. The quantitative estimate of drug-likeness (QED) is 0.446. The number of nitrogens with one attached hydrogen (secondary N) is 1. The van der Waals surface area contributed by atoms with Gasteiger partial charge in [0.05, 0.1) is 5.02 Å². The second-order valence-electron chi connectivity index (χ2n) is 6.10. The highest BCUT2D eigenvalue weighted by atomic mass is 35.5. The molecule has 0 radical (unpaired) electrons. The summed E-state index contributed by atoms with van der Waals surface area (Å²) in [5.41, 5.74) is 0.560. The highest BCUT2D eigenvalue weighted by molar-refractivity contribution is 7.21. The van der Waals surface area contributed by atoms with Gasteiger partial charge in [0.25, 0.3) is 11.8 Å². The zero-order valence-corrected chi connectivity index (χ0v) is 16.8. The lowest BCUT2D eigenvalue weighted by Gasteiger charge is -2.04. The number of nitrogens with zero attached hydrogens (tertiary/aromatic N) is 2. The molecular formula is C20H13ClFN3O4S. The molecule has 0 fully saturated rings. The van der Waals surface area contributed by atoms with E-state index >= 15 is 0 Å². The molecule has 10 heteroatoms. The van der Waals surface area contributed by atoms with Gasteiger partial charge < -0.3 is 14.6 Å². The van der Waals surface area contributed by atoms with E-state index in [0.717, 1.165) is 10.1 Å². The molecule has 30 heavy (non-hydrogen) atoms. The van der Waals surface area contributed by atoms with Gasteiger partial charge in [0.2, 0.25) is 5.82 Å². The second kappa shape index (κ2) is 8.60. The molecule has 0 saturated heterocycles. The molecule has 0 aliphatic rings. The minimum absolute atomic E-state index is 0.0709. The van der Waals surface area contributed by atoms with Crippen molar-refractivity contribution < 1.29 is 23.2 Å². The second-order valence-corrected chi connectivity index (χ2v) is 7.53. The standard InChI is InChI=1S/C20H13ClFN3O4S/c21-17-13-3-1-2-4-14(13)30-18(17)20(27)23-9-16(26)28-10-15-24-19(25-29-15)11-5-7-12(22)8-6-11/h1-8H,9-10H2,(H,23,27). The lowest BCUT2D eigenvalue weighted by molar-refractivity contribution is -0.144. The van der Waals surface area contributed by atoms with Crippen molar-refractivity contribution in [3.63, 3.8) is 0 Å². The summed E-state index contributed by atoms with van der Waals surface area (Å²) < 4.78 is 23.9. The molecule has 2 heterocycles. The maximum Gasteiger partial charge on any atom is 0.325 e. The highest BCUT2D eigenvalue weighted by Crippen LogP contribution is 2.34. The predicted octanol–water partition coefficient (Wildman–Crippen LogP) is 4.22. The van der Waals surface area contributed by atoms with Crippen molar-refractivity contribution in [3.8, 4) is 11.4 Å². The van der Waals surface area contributed by atoms with E-state index in [-0.39, 0.29) is 30.7 Å². The number of esters is 1. The smallest absolute Gasteiger partial charge is 0.325 e. The first-order valence-corrected chi connectivity index (χ1v) is 9.90. The Balaban J connectivity index is 1.30. The van der Waals surface area contributed by atoms with Gasteiger partial charge in [-0.1, -0.05) is 35.0 Å². The van der Waals surface area contributed by atoms with Crippen LogP contribution in [0.15, 0.2) is 53.1 Å². The number of halogens is 2. The maximum atomic E-state index is 13.0. The summed E-state index contributed by atoms with van der Waals surface area (Å²) in [5.74, 6) is -1.21. The van der Waals surface area contributed by atoms with Crippen molar-refractivity contribution >= 4 is 44.9 Å². The average molecular weight is 446 g/mol. The van der Waals surface area contributed by atoms with E-state index in [9.17, 15) is 14.0 Å². The predicted molar refractivity (Wildman–Crippen MR) is 109 cm³/mol. The summed E-state index contributed by atoms with van der Waals surface area (Å²) in [5, 5.41) is 7.37. The van der Waals surface area contributed by atoms with Crippen LogP contribution in [0, 0.1) is 5.82 Å². The number of hydrogen-bond acceptors (Lipinski definition) is 7. The van der Waals surface area contributed by atoms with E-state index in [2.05, 4.69) is 15.5 Å². The molecule has 0 aliphatic carbocycles. The van der Waals surface area contributed by atoms with E-state index in [4.69, 9.17) is 20.9 Å². The van der Waals surface area contributed by atoms with Gasteiger partial charge in [-0.25, -0.2) is 4.39 Å². The van der Waals surface area contributed by atoms with Gasteiger partial charge in [-0.05, 0) is 30.3 Å². The Morgan fingerprint density at radius 2 is 1.93 bits per heavy atom. The van der Waals surface area contributed by atoms with Crippen LogP contribution >= 0.6 is 22.9 Å². The van der Waals surface area contributed by atoms with Crippen LogP contribution in [-0.2, 0) is 16.1 Å². The number of carbonyl (C=O) groups is 2. The number of ether oxygens (including phenoxy) is 1. The molecule has 0 unspecified atom stereocenters. The van der Waals surface area contributed by atoms with Crippen LogP contribution in [0.1, 0.15) is 15.6 Å². The molecule has 0 bridgehead atoms. The normalized spacial score (nSPS) is 10.9. The molecule has 1 N–H and O–H groups in total. The number of thiophene rings is 1. The van der Waals surface area contributed by atoms with E-state index < -0.39 is 11.9 Å². The van der Waals surface area contributed by atoms with E-state index in [0.29, 0.717) is 15.5 Å². The molecule has 152 valence electrons. The fourth-order valence-electron chi connectivity index (χ4n) is 2.62. The Bertz CT molecular complexity index is 1220. The van der Waals surface area contributed by atoms with Crippen LogP contribution in [0.3, 0.4) is 0 Å². The number of fused-ring (bicyclic) bond motifs is 1. The first kappa shape index (κ1) is 20.0. The van der Waals surface area contributed by atoms with Gasteiger partial charge in [-0.3, -0.25) is 9.59 Å². The third-order valence-electron chi connectivity index (χ3n) is 4.06. The van der Waals surface area contributed by atoms with Crippen LogP contribution < -0.4 is 5.32 Å². The minimum atomic E-state index is -0.679. The van der Waals surface area contributed by atoms with Crippen LogP contribution in [0.25, 0.3) is 21.5 Å². The largest absolute Gasteiger partial charge is 0.454 e. The lowest BCUT2D eigenvalue weighted by Crippen LogP contribution is -2.30. The molecule has 4 aromatic rings. The molecule has 7 nitrogen and oxygen atoms in total. The van der Waals surface area contributed by atoms with Gasteiger partial charge in [-0.2, -0.15) is 4.98 Å². The Hall–Kier alpha value is -3.30. The van der Waals surface area contributed by atoms with E-state index in [1.807, 2.05) is 24.3 Å². The Labute approximate surface area is 178 Å². The van der Waals surface area contributed by atoms with Crippen molar-refractivity contribution in [2.75, 3.05) is 6.54 Å². The van der Waals surface area contributed by atoms with Crippen molar-refractivity contribution in [1.29, 1.82) is 0 Å². The third kappa shape index (κ3) is 4.32. The number of benzene rings is 2. The molecule has 2 aromatic heterocycles. The van der Waals surface area contributed by atoms with Gasteiger partial charge >= 0.3 is 5.97 Å². The SMILES string of the molecule is O=C(CNC(=O)c1sc2ccccc2c1Cl)OCc1nc(-c2ccc(F)cc2)no1. The number of amides is 1.